The molecular formula is C12H20BrNO2S2. The largest absolute Gasteiger partial charge is 0.309 e. The molecule has 6 heteroatoms. The topological polar surface area (TPSA) is 46.2 Å². The zero-order valence-electron chi connectivity index (χ0n) is 10.8. The molecule has 1 aromatic heterocycles. The monoisotopic (exact) mass is 353 g/mol. The third-order valence-electron chi connectivity index (χ3n) is 2.80. The van der Waals surface area contributed by atoms with Crippen LogP contribution >= 0.6 is 27.3 Å². The van der Waals surface area contributed by atoms with E-state index in [1.807, 2.05) is 11.4 Å². The number of rotatable bonds is 8. The van der Waals surface area contributed by atoms with Gasteiger partial charge in [0.1, 0.15) is 9.84 Å². The van der Waals surface area contributed by atoms with E-state index in [1.54, 1.807) is 18.3 Å². The molecule has 104 valence electrons. The average molecular weight is 354 g/mol. The SMILES string of the molecule is CCNC(CCCS(=O)(=O)CC)c1sccc1Br. The Morgan fingerprint density at radius 3 is 2.67 bits per heavy atom. The van der Waals surface area contributed by atoms with Crippen molar-refractivity contribution >= 4 is 37.1 Å². The molecule has 1 N–H and O–H groups in total. The van der Waals surface area contributed by atoms with Gasteiger partial charge >= 0.3 is 0 Å². The standard InChI is InChI=1S/C12H20BrNO2S2/c1-3-14-11(12-10(13)7-8-17-12)6-5-9-18(15,16)4-2/h7-8,11,14H,3-6,9H2,1-2H3. The molecule has 0 saturated carbocycles. The minimum Gasteiger partial charge on any atom is -0.309 e. The summed E-state index contributed by atoms with van der Waals surface area (Å²) in [6.07, 6.45) is 1.56. The van der Waals surface area contributed by atoms with Crippen molar-refractivity contribution in [3.8, 4) is 0 Å². The lowest BCUT2D eigenvalue weighted by Crippen LogP contribution is -2.21. The van der Waals surface area contributed by atoms with Crippen molar-refractivity contribution in [2.45, 2.75) is 32.7 Å². The Morgan fingerprint density at radius 1 is 1.44 bits per heavy atom. The quantitative estimate of drug-likeness (QED) is 0.779. The lowest BCUT2D eigenvalue weighted by atomic mass is 10.1. The number of thiophene rings is 1. The van der Waals surface area contributed by atoms with Gasteiger partial charge in [-0.15, -0.1) is 11.3 Å². The number of nitrogens with one attached hydrogen (secondary N) is 1. The van der Waals surface area contributed by atoms with Crippen LogP contribution in [0.3, 0.4) is 0 Å². The van der Waals surface area contributed by atoms with E-state index in [0.29, 0.717) is 6.42 Å². The molecule has 3 nitrogen and oxygen atoms in total. The van der Waals surface area contributed by atoms with Gasteiger partial charge in [-0.05, 0) is 46.8 Å². The van der Waals surface area contributed by atoms with Gasteiger partial charge in [-0.3, -0.25) is 0 Å². The minimum absolute atomic E-state index is 0.238. The summed E-state index contributed by atoms with van der Waals surface area (Å²) in [5, 5.41) is 5.46. The van der Waals surface area contributed by atoms with Crippen molar-refractivity contribution in [2.24, 2.45) is 0 Å². The Labute approximate surface area is 122 Å². The van der Waals surface area contributed by atoms with Gasteiger partial charge < -0.3 is 5.32 Å². The maximum Gasteiger partial charge on any atom is 0.150 e. The van der Waals surface area contributed by atoms with E-state index in [0.717, 1.165) is 17.4 Å². The Balaban J connectivity index is 2.57. The van der Waals surface area contributed by atoms with Crippen LogP contribution in [0.1, 0.15) is 37.6 Å². The Hall–Kier alpha value is 0.0900. The second-order valence-corrected chi connectivity index (χ2v) is 8.40. The predicted molar refractivity (Wildman–Crippen MR) is 82.0 cm³/mol. The third kappa shape index (κ3) is 4.99. The molecule has 0 aliphatic rings. The molecule has 0 radical (unpaired) electrons. The first-order valence-corrected chi connectivity index (χ1v) is 9.66. The zero-order valence-corrected chi connectivity index (χ0v) is 14.0. The van der Waals surface area contributed by atoms with Crippen molar-refractivity contribution in [2.75, 3.05) is 18.1 Å². The summed E-state index contributed by atoms with van der Waals surface area (Å²) in [6, 6.07) is 2.28. The Morgan fingerprint density at radius 2 is 2.17 bits per heavy atom. The van der Waals surface area contributed by atoms with Gasteiger partial charge in [0.25, 0.3) is 0 Å². The van der Waals surface area contributed by atoms with E-state index in [4.69, 9.17) is 0 Å². The van der Waals surface area contributed by atoms with E-state index < -0.39 is 9.84 Å². The molecule has 0 saturated heterocycles. The summed E-state index contributed by atoms with van der Waals surface area (Å²) < 4.78 is 24.0. The van der Waals surface area contributed by atoms with Crippen molar-refractivity contribution in [1.82, 2.24) is 5.32 Å². The van der Waals surface area contributed by atoms with Crippen LogP contribution in [0.15, 0.2) is 15.9 Å². The smallest absolute Gasteiger partial charge is 0.150 e. The van der Waals surface area contributed by atoms with Crippen molar-refractivity contribution in [3.05, 3.63) is 20.8 Å². The molecule has 0 aliphatic heterocycles. The lowest BCUT2D eigenvalue weighted by molar-refractivity contribution is 0.512. The van der Waals surface area contributed by atoms with Gasteiger partial charge in [0, 0.05) is 21.1 Å². The number of sulfone groups is 1. The molecule has 0 fully saturated rings. The molecule has 0 aromatic carbocycles. The molecule has 0 aliphatic carbocycles. The van der Waals surface area contributed by atoms with Gasteiger partial charge in [0.15, 0.2) is 0 Å². The van der Waals surface area contributed by atoms with E-state index in [-0.39, 0.29) is 17.5 Å². The average Bonchev–Trinajstić information content (AvgIpc) is 2.74. The van der Waals surface area contributed by atoms with E-state index in [1.165, 1.54) is 4.88 Å². The maximum absolute atomic E-state index is 11.5. The van der Waals surface area contributed by atoms with Gasteiger partial charge in [0.2, 0.25) is 0 Å². The molecule has 1 rings (SSSR count). The Kier molecular flexibility index (Phi) is 6.84. The van der Waals surface area contributed by atoms with Gasteiger partial charge in [-0.1, -0.05) is 13.8 Å². The molecule has 1 atom stereocenters. The Bertz CT molecular complexity index is 456. The number of halogens is 1. The van der Waals surface area contributed by atoms with Gasteiger partial charge in [0.05, 0.1) is 5.75 Å². The van der Waals surface area contributed by atoms with Crippen LogP contribution in [0.4, 0.5) is 0 Å². The number of hydrogen-bond donors (Lipinski definition) is 1. The minimum atomic E-state index is -2.85. The highest BCUT2D eigenvalue weighted by Gasteiger charge is 2.16. The van der Waals surface area contributed by atoms with Gasteiger partial charge in [-0.25, -0.2) is 8.42 Å². The normalized spacial score (nSPS) is 13.7. The zero-order chi connectivity index (χ0) is 13.6. The molecule has 0 spiro atoms. The molecule has 0 bridgehead atoms. The second kappa shape index (κ2) is 7.62. The van der Waals surface area contributed by atoms with E-state index in [2.05, 4.69) is 28.2 Å². The summed E-state index contributed by atoms with van der Waals surface area (Å²) in [4.78, 5) is 1.26. The third-order valence-corrected chi connectivity index (χ3v) is 6.57. The van der Waals surface area contributed by atoms with Crippen LogP contribution in [-0.4, -0.2) is 26.5 Å². The summed E-state index contributed by atoms with van der Waals surface area (Å²) in [7, 11) is -2.85. The first-order valence-electron chi connectivity index (χ1n) is 6.16. The molecule has 18 heavy (non-hydrogen) atoms. The van der Waals surface area contributed by atoms with Crippen molar-refractivity contribution in [1.29, 1.82) is 0 Å². The summed E-state index contributed by atoms with van der Waals surface area (Å²) in [6.45, 7) is 4.65. The lowest BCUT2D eigenvalue weighted by Gasteiger charge is -2.17. The van der Waals surface area contributed by atoms with E-state index in [9.17, 15) is 8.42 Å². The van der Waals surface area contributed by atoms with Crippen LogP contribution in [0.25, 0.3) is 0 Å². The highest BCUT2D eigenvalue weighted by Crippen LogP contribution is 2.31. The van der Waals surface area contributed by atoms with Crippen LogP contribution in [0.5, 0.6) is 0 Å². The summed E-state index contributed by atoms with van der Waals surface area (Å²) >= 11 is 5.24. The number of hydrogen-bond acceptors (Lipinski definition) is 4. The van der Waals surface area contributed by atoms with Crippen LogP contribution in [0.2, 0.25) is 0 Å². The van der Waals surface area contributed by atoms with Crippen LogP contribution < -0.4 is 5.32 Å². The fourth-order valence-electron chi connectivity index (χ4n) is 1.78. The predicted octanol–water partition coefficient (Wildman–Crippen LogP) is 3.38. The van der Waals surface area contributed by atoms with Crippen molar-refractivity contribution in [3.63, 3.8) is 0 Å². The first kappa shape index (κ1) is 16.1. The van der Waals surface area contributed by atoms with Crippen LogP contribution in [-0.2, 0) is 9.84 Å². The fraction of sp³-hybridized carbons (Fsp3) is 0.667. The highest BCUT2D eigenvalue weighted by molar-refractivity contribution is 9.10. The van der Waals surface area contributed by atoms with Crippen molar-refractivity contribution < 1.29 is 8.42 Å². The molecule has 1 unspecified atom stereocenters. The first-order chi connectivity index (χ1) is 8.50. The second-order valence-electron chi connectivity index (χ2n) is 4.12. The molecule has 1 aromatic rings. The molecule has 1 heterocycles. The van der Waals surface area contributed by atoms with Gasteiger partial charge in [-0.2, -0.15) is 0 Å². The summed E-state index contributed by atoms with van der Waals surface area (Å²) in [5.41, 5.74) is 0. The summed E-state index contributed by atoms with van der Waals surface area (Å²) in [5.74, 6) is 0.524. The maximum atomic E-state index is 11.5. The van der Waals surface area contributed by atoms with E-state index >= 15 is 0 Å². The highest BCUT2D eigenvalue weighted by atomic mass is 79.9. The fourth-order valence-corrected chi connectivity index (χ4v) is 4.43. The van der Waals surface area contributed by atoms with Crippen LogP contribution in [0, 0.1) is 0 Å². The molecular weight excluding hydrogens is 334 g/mol. The molecule has 0 amide bonds.